The third-order valence-corrected chi connectivity index (χ3v) is 4.62. The molecular weight excluding hydrogens is 302 g/mol. The zero-order valence-electron chi connectivity index (χ0n) is 13.5. The van der Waals surface area contributed by atoms with Crippen LogP contribution in [0.3, 0.4) is 0 Å². The van der Waals surface area contributed by atoms with Crippen LogP contribution in [-0.2, 0) is 6.54 Å². The van der Waals surface area contributed by atoms with E-state index in [0.717, 1.165) is 38.3 Å². The highest BCUT2D eigenvalue weighted by molar-refractivity contribution is 7.80. The minimum absolute atomic E-state index is 0.461. The van der Waals surface area contributed by atoms with Gasteiger partial charge >= 0.3 is 0 Å². The first kappa shape index (κ1) is 16.0. The third kappa shape index (κ3) is 4.09. The monoisotopic (exact) mass is 325 g/mol. The van der Waals surface area contributed by atoms with Gasteiger partial charge in [-0.15, -0.1) is 0 Å². The van der Waals surface area contributed by atoms with Gasteiger partial charge in [-0.1, -0.05) is 48.6 Å². The van der Waals surface area contributed by atoms with E-state index in [-0.39, 0.29) is 0 Å². The molecule has 2 N–H and O–H groups in total. The minimum atomic E-state index is 0.461. The van der Waals surface area contributed by atoms with Crippen LogP contribution in [-0.4, -0.2) is 36.1 Å². The summed E-state index contributed by atoms with van der Waals surface area (Å²) in [6.07, 6.45) is 0. The van der Waals surface area contributed by atoms with E-state index in [1.165, 1.54) is 16.8 Å². The Labute approximate surface area is 143 Å². The maximum atomic E-state index is 5.64. The SMILES string of the molecule is Cc1cccc(N2CCN(Cc3ccc(C(N)=S)cc3)CC2)c1. The Hall–Kier alpha value is -1.91. The highest BCUT2D eigenvalue weighted by atomic mass is 32.1. The van der Waals surface area contributed by atoms with Crippen LogP contribution in [0.5, 0.6) is 0 Å². The van der Waals surface area contributed by atoms with Crippen molar-refractivity contribution in [2.24, 2.45) is 5.73 Å². The Morgan fingerprint density at radius 2 is 1.74 bits per heavy atom. The van der Waals surface area contributed by atoms with Crippen molar-refractivity contribution < 1.29 is 0 Å². The van der Waals surface area contributed by atoms with E-state index < -0.39 is 0 Å². The molecule has 0 saturated carbocycles. The lowest BCUT2D eigenvalue weighted by molar-refractivity contribution is 0.250. The molecule has 0 spiro atoms. The first-order valence-electron chi connectivity index (χ1n) is 8.04. The summed E-state index contributed by atoms with van der Waals surface area (Å²) >= 11 is 5.00. The number of anilines is 1. The molecule has 1 aliphatic rings. The molecule has 1 heterocycles. The number of aryl methyl sites for hydroxylation is 1. The van der Waals surface area contributed by atoms with Crippen LogP contribution >= 0.6 is 12.2 Å². The van der Waals surface area contributed by atoms with Crippen molar-refractivity contribution in [3.63, 3.8) is 0 Å². The Bertz CT molecular complexity index is 673. The summed E-state index contributed by atoms with van der Waals surface area (Å²) in [5.74, 6) is 0. The fraction of sp³-hybridized carbons (Fsp3) is 0.316. The van der Waals surface area contributed by atoms with Gasteiger partial charge in [-0.2, -0.15) is 0 Å². The van der Waals surface area contributed by atoms with Gasteiger partial charge in [0, 0.05) is 44.0 Å². The van der Waals surface area contributed by atoms with Gasteiger partial charge in [0.25, 0.3) is 0 Å². The fourth-order valence-electron chi connectivity index (χ4n) is 3.02. The average molecular weight is 325 g/mol. The lowest BCUT2D eigenvalue weighted by Crippen LogP contribution is -2.45. The molecule has 120 valence electrons. The molecule has 3 rings (SSSR count). The van der Waals surface area contributed by atoms with Crippen molar-refractivity contribution >= 4 is 22.9 Å². The second-order valence-corrected chi connectivity index (χ2v) is 6.60. The summed E-state index contributed by atoms with van der Waals surface area (Å²) in [6, 6.07) is 17.0. The van der Waals surface area contributed by atoms with E-state index in [9.17, 15) is 0 Å². The second-order valence-electron chi connectivity index (χ2n) is 6.16. The summed E-state index contributed by atoms with van der Waals surface area (Å²) in [5.41, 5.74) is 10.6. The van der Waals surface area contributed by atoms with Gasteiger partial charge in [0.1, 0.15) is 4.99 Å². The van der Waals surface area contributed by atoms with E-state index in [0.29, 0.717) is 4.99 Å². The molecule has 2 aromatic carbocycles. The summed E-state index contributed by atoms with van der Waals surface area (Å²) in [6.45, 7) is 7.47. The first-order chi connectivity index (χ1) is 11.1. The lowest BCUT2D eigenvalue weighted by atomic mass is 10.1. The average Bonchev–Trinajstić information content (AvgIpc) is 2.56. The van der Waals surface area contributed by atoms with Crippen LogP contribution in [0.4, 0.5) is 5.69 Å². The highest BCUT2D eigenvalue weighted by Gasteiger charge is 2.17. The normalized spacial score (nSPS) is 15.6. The molecular formula is C19H23N3S. The molecule has 0 radical (unpaired) electrons. The van der Waals surface area contributed by atoms with Gasteiger partial charge in [0.05, 0.1) is 0 Å². The Kier molecular flexibility index (Phi) is 4.94. The van der Waals surface area contributed by atoms with Crippen LogP contribution in [0, 0.1) is 6.92 Å². The molecule has 3 nitrogen and oxygen atoms in total. The van der Waals surface area contributed by atoms with Crippen molar-refractivity contribution in [1.82, 2.24) is 4.90 Å². The molecule has 0 unspecified atom stereocenters. The van der Waals surface area contributed by atoms with Gasteiger partial charge in [-0.3, -0.25) is 4.90 Å². The molecule has 4 heteroatoms. The maximum Gasteiger partial charge on any atom is 0.103 e. The van der Waals surface area contributed by atoms with Crippen LogP contribution in [0.25, 0.3) is 0 Å². The van der Waals surface area contributed by atoms with E-state index in [4.69, 9.17) is 18.0 Å². The second kappa shape index (κ2) is 7.11. The molecule has 2 aromatic rings. The minimum Gasteiger partial charge on any atom is -0.389 e. The number of rotatable bonds is 4. The molecule has 1 fully saturated rings. The number of hydrogen-bond acceptors (Lipinski definition) is 3. The van der Waals surface area contributed by atoms with Gasteiger partial charge in [0.2, 0.25) is 0 Å². The summed E-state index contributed by atoms with van der Waals surface area (Å²) in [4.78, 5) is 5.44. The van der Waals surface area contributed by atoms with Crippen molar-refractivity contribution in [2.75, 3.05) is 31.1 Å². The van der Waals surface area contributed by atoms with Crippen molar-refractivity contribution in [1.29, 1.82) is 0 Å². The Morgan fingerprint density at radius 3 is 2.35 bits per heavy atom. The van der Waals surface area contributed by atoms with E-state index in [2.05, 4.69) is 53.1 Å². The number of thiocarbonyl (C=S) groups is 1. The third-order valence-electron chi connectivity index (χ3n) is 4.38. The number of nitrogens with zero attached hydrogens (tertiary/aromatic N) is 2. The molecule has 0 aromatic heterocycles. The summed E-state index contributed by atoms with van der Waals surface area (Å²) < 4.78 is 0. The molecule has 0 bridgehead atoms. The van der Waals surface area contributed by atoms with Gasteiger partial charge in [-0.05, 0) is 30.2 Å². The van der Waals surface area contributed by atoms with E-state index in [1.54, 1.807) is 0 Å². The maximum absolute atomic E-state index is 5.64. The van der Waals surface area contributed by atoms with Gasteiger partial charge in [-0.25, -0.2) is 0 Å². The molecule has 23 heavy (non-hydrogen) atoms. The summed E-state index contributed by atoms with van der Waals surface area (Å²) in [7, 11) is 0. The number of benzene rings is 2. The topological polar surface area (TPSA) is 32.5 Å². The quantitative estimate of drug-likeness (QED) is 0.876. The molecule has 0 aliphatic carbocycles. The summed E-state index contributed by atoms with van der Waals surface area (Å²) in [5, 5.41) is 0. The van der Waals surface area contributed by atoms with Gasteiger partial charge < -0.3 is 10.6 Å². The predicted molar refractivity (Wildman–Crippen MR) is 101 cm³/mol. The molecule has 1 saturated heterocycles. The largest absolute Gasteiger partial charge is 0.389 e. The Morgan fingerprint density at radius 1 is 1.04 bits per heavy atom. The number of piperazine rings is 1. The van der Waals surface area contributed by atoms with Crippen molar-refractivity contribution in [2.45, 2.75) is 13.5 Å². The van der Waals surface area contributed by atoms with Crippen LogP contribution in [0.2, 0.25) is 0 Å². The molecule has 1 aliphatic heterocycles. The number of hydrogen-bond donors (Lipinski definition) is 1. The first-order valence-corrected chi connectivity index (χ1v) is 8.45. The number of nitrogens with two attached hydrogens (primary N) is 1. The lowest BCUT2D eigenvalue weighted by Gasteiger charge is -2.36. The Balaban J connectivity index is 1.55. The van der Waals surface area contributed by atoms with Crippen LogP contribution in [0.15, 0.2) is 48.5 Å². The van der Waals surface area contributed by atoms with Crippen LogP contribution in [0.1, 0.15) is 16.7 Å². The standard InChI is InChI=1S/C19H23N3S/c1-15-3-2-4-18(13-15)22-11-9-21(10-12-22)14-16-5-7-17(8-6-16)19(20)23/h2-8,13H,9-12,14H2,1H3,(H2,20,23). The zero-order valence-corrected chi connectivity index (χ0v) is 14.4. The molecule has 0 atom stereocenters. The highest BCUT2D eigenvalue weighted by Crippen LogP contribution is 2.18. The predicted octanol–water partition coefficient (Wildman–Crippen LogP) is 2.95. The molecule has 0 amide bonds. The van der Waals surface area contributed by atoms with Crippen LogP contribution < -0.4 is 10.6 Å². The zero-order chi connectivity index (χ0) is 16.2. The van der Waals surface area contributed by atoms with Crippen molar-refractivity contribution in [3.8, 4) is 0 Å². The van der Waals surface area contributed by atoms with Gasteiger partial charge in [0.15, 0.2) is 0 Å². The fourth-order valence-corrected chi connectivity index (χ4v) is 3.16. The smallest absolute Gasteiger partial charge is 0.103 e. The van der Waals surface area contributed by atoms with Crippen molar-refractivity contribution in [3.05, 3.63) is 65.2 Å². The van der Waals surface area contributed by atoms with E-state index >= 15 is 0 Å². The van der Waals surface area contributed by atoms with E-state index in [1.807, 2.05) is 12.1 Å².